The number of hydrogen-bond acceptors (Lipinski definition) is 9. The van der Waals surface area contributed by atoms with E-state index in [1.807, 2.05) is 0 Å². The van der Waals surface area contributed by atoms with Crippen molar-refractivity contribution in [1.29, 1.82) is 0 Å². The van der Waals surface area contributed by atoms with Gasteiger partial charge >= 0.3 is 5.97 Å². The van der Waals surface area contributed by atoms with E-state index in [2.05, 4.69) is 41.2 Å². The van der Waals surface area contributed by atoms with Crippen LogP contribution in [0.1, 0.15) is 25.7 Å². The molecule has 0 spiro atoms. The van der Waals surface area contributed by atoms with Crippen LogP contribution < -0.4 is 33.2 Å². The Kier molecular flexibility index (Phi) is 13.3. The van der Waals surface area contributed by atoms with Gasteiger partial charge in [0.25, 0.3) is 0 Å². The third-order valence-corrected chi connectivity index (χ3v) is 4.71. The Bertz CT molecular complexity index is 693. The number of aliphatic carboxylic acids is 1. The van der Waals surface area contributed by atoms with Crippen LogP contribution >= 0.6 is 25.3 Å². The summed E-state index contributed by atoms with van der Waals surface area (Å²) in [5, 5.41) is 15.9. The summed E-state index contributed by atoms with van der Waals surface area (Å²) in [7, 11) is 0. The lowest BCUT2D eigenvalue weighted by Gasteiger charge is -2.24. The maximum absolute atomic E-state index is 12.7. The maximum atomic E-state index is 12.7. The molecular weight excluding hydrogens is 452 g/mol. The van der Waals surface area contributed by atoms with Crippen molar-refractivity contribution >= 4 is 60.8 Å². The Morgan fingerprint density at radius 3 is 1.42 bits per heavy atom. The summed E-state index contributed by atoms with van der Waals surface area (Å²) >= 11 is 7.72. The first kappa shape index (κ1) is 28.5. The van der Waals surface area contributed by atoms with E-state index < -0.39 is 59.7 Å². The van der Waals surface area contributed by atoms with Crippen molar-refractivity contribution in [2.45, 2.75) is 49.9 Å². The Morgan fingerprint density at radius 2 is 1.10 bits per heavy atom. The molecule has 0 aliphatic heterocycles. The highest BCUT2D eigenvalue weighted by Gasteiger charge is 2.30. The second-order valence-electron chi connectivity index (χ2n) is 6.50. The molecule has 0 rings (SSSR count). The average Bonchev–Trinajstić information content (AvgIpc) is 2.70. The predicted molar refractivity (Wildman–Crippen MR) is 116 cm³/mol. The minimum Gasteiger partial charge on any atom is -0.480 e. The van der Waals surface area contributed by atoms with E-state index in [-0.39, 0.29) is 37.2 Å². The second kappa shape index (κ2) is 14.5. The van der Waals surface area contributed by atoms with Crippen molar-refractivity contribution in [2.24, 2.45) is 17.2 Å². The fourth-order valence-corrected chi connectivity index (χ4v) is 2.62. The molecule has 31 heavy (non-hydrogen) atoms. The molecular formula is C16H28N6O7S2. The first-order valence-electron chi connectivity index (χ1n) is 9.10. The van der Waals surface area contributed by atoms with Crippen LogP contribution in [0.15, 0.2) is 0 Å². The number of rotatable bonds is 15. The van der Waals surface area contributed by atoms with Crippen LogP contribution in [0, 0.1) is 0 Å². The van der Waals surface area contributed by atoms with Gasteiger partial charge in [-0.25, -0.2) is 4.79 Å². The average molecular weight is 481 g/mol. The molecule has 4 unspecified atom stereocenters. The Hall–Kier alpha value is -2.52. The summed E-state index contributed by atoms with van der Waals surface area (Å²) in [6, 6.07) is -5.02. The summed E-state index contributed by atoms with van der Waals surface area (Å²) in [6.45, 7) is 0. The van der Waals surface area contributed by atoms with Crippen LogP contribution in [0.3, 0.4) is 0 Å². The standard InChI is InChI=1S/C16H28N6O7S2/c17-7(5-30)13(25)20-8(1-3-11(18)23)14(26)21-9(2-4-12(19)24)15(27)22-10(6-31)16(28)29/h7-10,30-31H,1-6,17H2,(H2,18,23)(H2,19,24)(H,20,25)(H,21,26)(H,22,27)(H,28,29). The van der Waals surface area contributed by atoms with Crippen LogP contribution in [0.4, 0.5) is 0 Å². The molecule has 4 atom stereocenters. The fourth-order valence-electron chi connectivity index (χ4n) is 2.20. The van der Waals surface area contributed by atoms with Crippen molar-refractivity contribution < 1.29 is 33.9 Å². The normalized spacial score (nSPS) is 14.4. The topological polar surface area (TPSA) is 237 Å². The van der Waals surface area contributed by atoms with Gasteiger partial charge in [-0.05, 0) is 12.8 Å². The minimum atomic E-state index is -1.35. The first-order chi connectivity index (χ1) is 14.4. The van der Waals surface area contributed by atoms with Crippen molar-refractivity contribution in [3.63, 3.8) is 0 Å². The molecule has 0 aromatic rings. The lowest BCUT2D eigenvalue weighted by molar-refractivity contribution is -0.141. The molecule has 0 radical (unpaired) electrons. The van der Waals surface area contributed by atoms with Crippen molar-refractivity contribution in [3.05, 3.63) is 0 Å². The van der Waals surface area contributed by atoms with Crippen molar-refractivity contribution in [3.8, 4) is 0 Å². The first-order valence-corrected chi connectivity index (χ1v) is 10.4. The lowest BCUT2D eigenvalue weighted by atomic mass is 10.1. The summed E-state index contributed by atoms with van der Waals surface area (Å²) in [6.07, 6.45) is -0.976. The zero-order valence-electron chi connectivity index (χ0n) is 16.6. The number of amides is 5. The van der Waals surface area contributed by atoms with Gasteiger partial charge in [0.15, 0.2) is 0 Å². The molecule has 0 bridgehead atoms. The molecule has 0 aromatic carbocycles. The molecule has 176 valence electrons. The Balaban J connectivity index is 5.48. The zero-order valence-corrected chi connectivity index (χ0v) is 18.4. The summed E-state index contributed by atoms with van der Waals surface area (Å²) in [4.78, 5) is 70.5. The van der Waals surface area contributed by atoms with Gasteiger partial charge in [0.05, 0.1) is 6.04 Å². The smallest absolute Gasteiger partial charge is 0.327 e. The number of carbonyl (C=O) groups is 6. The van der Waals surface area contributed by atoms with Crippen molar-refractivity contribution in [2.75, 3.05) is 11.5 Å². The highest BCUT2D eigenvalue weighted by molar-refractivity contribution is 7.80. The molecule has 0 fully saturated rings. The number of carbonyl (C=O) groups excluding carboxylic acids is 5. The van der Waals surface area contributed by atoms with E-state index in [4.69, 9.17) is 22.3 Å². The molecule has 10 N–H and O–H groups in total. The Morgan fingerprint density at radius 1 is 0.710 bits per heavy atom. The number of hydrogen-bond donors (Lipinski definition) is 9. The van der Waals surface area contributed by atoms with Gasteiger partial charge in [0.1, 0.15) is 18.1 Å². The highest BCUT2D eigenvalue weighted by Crippen LogP contribution is 2.04. The Labute approximate surface area is 189 Å². The third kappa shape index (κ3) is 11.4. The van der Waals surface area contributed by atoms with Crippen LogP contribution in [-0.2, 0) is 28.8 Å². The molecule has 13 nitrogen and oxygen atoms in total. The number of thiol groups is 2. The van der Waals surface area contributed by atoms with E-state index in [0.717, 1.165) is 0 Å². The number of carboxylic acid groups (broad SMARTS) is 1. The molecule has 0 heterocycles. The van der Waals surface area contributed by atoms with Crippen LogP contribution in [0.25, 0.3) is 0 Å². The van der Waals surface area contributed by atoms with Crippen LogP contribution in [0.5, 0.6) is 0 Å². The van der Waals surface area contributed by atoms with E-state index in [1.165, 1.54) is 0 Å². The second-order valence-corrected chi connectivity index (χ2v) is 7.23. The monoisotopic (exact) mass is 480 g/mol. The quantitative estimate of drug-likeness (QED) is 0.105. The summed E-state index contributed by atoms with van der Waals surface area (Å²) in [5.41, 5.74) is 15.7. The SMILES string of the molecule is NC(=O)CCC(NC(=O)C(N)CS)C(=O)NC(CCC(N)=O)C(=O)NC(CS)C(=O)O. The van der Waals surface area contributed by atoms with Gasteiger partial charge in [-0.3, -0.25) is 24.0 Å². The van der Waals surface area contributed by atoms with E-state index in [9.17, 15) is 28.8 Å². The maximum Gasteiger partial charge on any atom is 0.327 e. The minimum absolute atomic E-state index is 0.0139. The zero-order chi connectivity index (χ0) is 24.1. The highest BCUT2D eigenvalue weighted by atomic mass is 32.1. The van der Waals surface area contributed by atoms with Crippen LogP contribution in [0.2, 0.25) is 0 Å². The van der Waals surface area contributed by atoms with Gasteiger partial charge in [-0.15, -0.1) is 0 Å². The summed E-state index contributed by atoms with van der Waals surface area (Å²) < 4.78 is 0. The third-order valence-electron chi connectivity index (χ3n) is 3.96. The van der Waals surface area contributed by atoms with Crippen molar-refractivity contribution in [1.82, 2.24) is 16.0 Å². The fraction of sp³-hybridized carbons (Fsp3) is 0.625. The molecule has 15 heteroatoms. The number of primary amides is 2. The molecule has 0 saturated carbocycles. The largest absolute Gasteiger partial charge is 0.480 e. The molecule has 5 amide bonds. The molecule has 0 aromatic heterocycles. The van der Waals surface area contributed by atoms with E-state index >= 15 is 0 Å². The molecule has 0 aliphatic rings. The molecule has 0 saturated heterocycles. The molecule has 0 aliphatic carbocycles. The van der Waals surface area contributed by atoms with Crippen LogP contribution in [-0.4, -0.2) is 76.3 Å². The van der Waals surface area contributed by atoms with Gasteiger partial charge in [0.2, 0.25) is 29.5 Å². The van der Waals surface area contributed by atoms with Gasteiger partial charge in [0, 0.05) is 24.3 Å². The van der Waals surface area contributed by atoms with E-state index in [1.54, 1.807) is 0 Å². The number of nitrogens with two attached hydrogens (primary N) is 3. The predicted octanol–water partition coefficient (Wildman–Crippen LogP) is -3.76. The van der Waals surface area contributed by atoms with Gasteiger partial charge < -0.3 is 38.3 Å². The van der Waals surface area contributed by atoms with Gasteiger partial charge in [-0.2, -0.15) is 25.3 Å². The number of carboxylic acids is 1. The van der Waals surface area contributed by atoms with Gasteiger partial charge in [-0.1, -0.05) is 0 Å². The summed E-state index contributed by atoms with van der Waals surface area (Å²) in [5.74, 6) is -5.57. The lowest BCUT2D eigenvalue weighted by Crippen LogP contribution is -2.57. The van der Waals surface area contributed by atoms with E-state index in [0.29, 0.717) is 0 Å². The number of nitrogens with one attached hydrogen (secondary N) is 3.